The third kappa shape index (κ3) is 2.85. The molecular weight excluding hydrogens is 290 g/mol. The van der Waals surface area contributed by atoms with Gasteiger partial charge in [-0.3, -0.25) is 0 Å². The van der Waals surface area contributed by atoms with Crippen molar-refractivity contribution in [1.29, 1.82) is 0 Å². The Balaban J connectivity index is 2.55. The fraction of sp³-hybridized carbons (Fsp3) is 0.500. The van der Waals surface area contributed by atoms with Crippen LogP contribution in [0.2, 0.25) is 5.02 Å². The third-order valence-electron chi connectivity index (χ3n) is 3.10. The Bertz CT molecular complexity index is 551. The lowest BCUT2D eigenvalue weighted by Crippen LogP contribution is -2.14. The molecule has 100 valence electrons. The van der Waals surface area contributed by atoms with E-state index in [4.69, 9.17) is 11.6 Å². The van der Waals surface area contributed by atoms with Crippen LogP contribution in [0.5, 0.6) is 0 Å². The first-order valence-corrected chi connectivity index (χ1v) is 9.24. The highest BCUT2D eigenvalue weighted by molar-refractivity contribution is 7.99. The van der Waals surface area contributed by atoms with E-state index in [1.165, 1.54) is 18.0 Å². The summed E-state index contributed by atoms with van der Waals surface area (Å²) in [5, 5.41) is 3.88. The van der Waals surface area contributed by atoms with Crippen LogP contribution in [-0.4, -0.2) is 27.5 Å². The Morgan fingerprint density at radius 2 is 2.17 bits per heavy atom. The first-order chi connectivity index (χ1) is 8.43. The van der Waals surface area contributed by atoms with Crippen LogP contribution in [-0.2, 0) is 9.84 Å². The molecule has 1 atom stereocenters. The lowest BCUT2D eigenvalue weighted by molar-refractivity contribution is 0.598. The number of halogens is 1. The molecule has 1 unspecified atom stereocenters. The van der Waals surface area contributed by atoms with Crippen LogP contribution < -0.4 is 5.32 Å². The zero-order valence-electron chi connectivity index (χ0n) is 10.4. The number of benzene rings is 1. The maximum absolute atomic E-state index is 11.8. The van der Waals surface area contributed by atoms with Gasteiger partial charge in [0.2, 0.25) is 0 Å². The second-order valence-corrected chi connectivity index (χ2v) is 7.66. The standard InChI is InChI=1S/C12H16ClNO2S2/c1-17-12-9(13)6-8(10-4-3-5-14-10)7-11(12)18(2,15)16/h6-7,10,14H,3-5H2,1-2H3. The molecule has 1 aliphatic rings. The monoisotopic (exact) mass is 305 g/mol. The van der Waals surface area contributed by atoms with E-state index in [0.717, 1.165) is 24.9 Å². The lowest BCUT2D eigenvalue weighted by atomic mass is 10.1. The Labute approximate surface area is 117 Å². The highest BCUT2D eigenvalue weighted by Gasteiger charge is 2.22. The van der Waals surface area contributed by atoms with Crippen molar-refractivity contribution in [2.45, 2.75) is 28.7 Å². The first-order valence-electron chi connectivity index (χ1n) is 5.74. The van der Waals surface area contributed by atoms with Crippen LogP contribution in [0, 0.1) is 0 Å². The third-order valence-corrected chi connectivity index (χ3v) is 5.61. The molecule has 0 aliphatic carbocycles. The molecule has 0 saturated carbocycles. The summed E-state index contributed by atoms with van der Waals surface area (Å²) in [5.74, 6) is 0. The Morgan fingerprint density at radius 3 is 2.67 bits per heavy atom. The van der Waals surface area contributed by atoms with Crippen molar-refractivity contribution in [3.63, 3.8) is 0 Å². The van der Waals surface area contributed by atoms with E-state index < -0.39 is 9.84 Å². The van der Waals surface area contributed by atoms with Crippen LogP contribution in [0.15, 0.2) is 21.9 Å². The van der Waals surface area contributed by atoms with E-state index in [1.54, 1.807) is 6.07 Å². The van der Waals surface area contributed by atoms with Gasteiger partial charge in [-0.2, -0.15) is 0 Å². The Hall–Kier alpha value is -0.230. The smallest absolute Gasteiger partial charge is 0.176 e. The Morgan fingerprint density at radius 1 is 1.44 bits per heavy atom. The normalized spacial score (nSPS) is 20.3. The van der Waals surface area contributed by atoms with Crippen LogP contribution in [0.3, 0.4) is 0 Å². The van der Waals surface area contributed by atoms with Crippen molar-refractivity contribution in [3.8, 4) is 0 Å². The molecule has 18 heavy (non-hydrogen) atoms. The molecule has 3 nitrogen and oxygen atoms in total. The molecule has 0 bridgehead atoms. The molecule has 0 aromatic heterocycles. The predicted octanol–water partition coefficient (Wildman–Crippen LogP) is 2.89. The van der Waals surface area contributed by atoms with Gasteiger partial charge in [-0.1, -0.05) is 11.6 Å². The van der Waals surface area contributed by atoms with Crippen LogP contribution >= 0.6 is 23.4 Å². The van der Waals surface area contributed by atoms with Crippen molar-refractivity contribution >= 4 is 33.2 Å². The largest absolute Gasteiger partial charge is 0.310 e. The van der Waals surface area contributed by atoms with Gasteiger partial charge >= 0.3 is 0 Å². The van der Waals surface area contributed by atoms with E-state index in [9.17, 15) is 8.42 Å². The highest BCUT2D eigenvalue weighted by atomic mass is 35.5. The fourth-order valence-corrected chi connectivity index (χ4v) is 4.76. The average molecular weight is 306 g/mol. The minimum absolute atomic E-state index is 0.221. The maximum Gasteiger partial charge on any atom is 0.176 e. The van der Waals surface area contributed by atoms with Crippen molar-refractivity contribution < 1.29 is 8.42 Å². The molecule has 0 radical (unpaired) electrons. The lowest BCUT2D eigenvalue weighted by Gasteiger charge is -2.15. The van der Waals surface area contributed by atoms with Crippen LogP contribution in [0.4, 0.5) is 0 Å². The van der Waals surface area contributed by atoms with Gasteiger partial charge in [-0.15, -0.1) is 11.8 Å². The molecule has 1 N–H and O–H groups in total. The van der Waals surface area contributed by atoms with E-state index in [0.29, 0.717) is 14.8 Å². The summed E-state index contributed by atoms with van der Waals surface area (Å²) in [6.07, 6.45) is 5.20. The van der Waals surface area contributed by atoms with Gasteiger partial charge < -0.3 is 5.32 Å². The van der Waals surface area contributed by atoms with Crippen molar-refractivity contribution in [2.75, 3.05) is 19.1 Å². The van der Waals surface area contributed by atoms with Gasteiger partial charge in [0, 0.05) is 17.2 Å². The number of hydrogen-bond acceptors (Lipinski definition) is 4. The van der Waals surface area contributed by atoms with Gasteiger partial charge in [-0.05, 0) is 43.3 Å². The van der Waals surface area contributed by atoms with E-state index in [2.05, 4.69) is 5.32 Å². The fourth-order valence-electron chi connectivity index (χ4n) is 2.23. The van der Waals surface area contributed by atoms with E-state index in [1.807, 2.05) is 12.3 Å². The highest BCUT2D eigenvalue weighted by Crippen LogP contribution is 2.36. The van der Waals surface area contributed by atoms with Crippen LogP contribution in [0.25, 0.3) is 0 Å². The zero-order valence-corrected chi connectivity index (χ0v) is 12.8. The summed E-state index contributed by atoms with van der Waals surface area (Å²) in [6, 6.07) is 3.86. The van der Waals surface area contributed by atoms with Gasteiger partial charge in [-0.25, -0.2) is 8.42 Å². The number of nitrogens with one attached hydrogen (secondary N) is 1. The minimum Gasteiger partial charge on any atom is -0.310 e. The van der Waals surface area contributed by atoms with Gasteiger partial charge in [0.1, 0.15) is 0 Å². The molecule has 1 aliphatic heterocycles. The summed E-state index contributed by atoms with van der Waals surface area (Å²) < 4.78 is 23.7. The topological polar surface area (TPSA) is 46.2 Å². The summed E-state index contributed by atoms with van der Waals surface area (Å²) in [6.45, 7) is 0.973. The number of sulfone groups is 1. The molecule has 0 amide bonds. The molecular formula is C12H16ClNO2S2. The average Bonchev–Trinajstić information content (AvgIpc) is 2.80. The molecule has 2 rings (SSSR count). The Kier molecular flexibility index (Phi) is 4.26. The molecule has 1 fully saturated rings. The number of rotatable bonds is 3. The molecule has 1 saturated heterocycles. The van der Waals surface area contributed by atoms with Crippen molar-refractivity contribution in [1.82, 2.24) is 5.32 Å². The van der Waals surface area contributed by atoms with E-state index >= 15 is 0 Å². The van der Waals surface area contributed by atoms with Crippen molar-refractivity contribution in [2.24, 2.45) is 0 Å². The minimum atomic E-state index is -3.25. The van der Waals surface area contributed by atoms with E-state index in [-0.39, 0.29) is 6.04 Å². The SMILES string of the molecule is CSc1c(Cl)cc(C2CCCN2)cc1S(C)(=O)=O. The summed E-state index contributed by atoms with van der Waals surface area (Å²) in [5.41, 5.74) is 0.968. The summed E-state index contributed by atoms with van der Waals surface area (Å²) in [7, 11) is -3.25. The van der Waals surface area contributed by atoms with Crippen LogP contribution in [0.1, 0.15) is 24.4 Å². The summed E-state index contributed by atoms with van der Waals surface area (Å²) >= 11 is 7.57. The van der Waals surface area contributed by atoms with Gasteiger partial charge in [0.15, 0.2) is 9.84 Å². The predicted molar refractivity (Wildman–Crippen MR) is 76.3 cm³/mol. The first kappa shape index (κ1) is 14.2. The molecule has 1 heterocycles. The summed E-state index contributed by atoms with van der Waals surface area (Å²) in [4.78, 5) is 0.979. The quantitative estimate of drug-likeness (QED) is 0.872. The van der Waals surface area contributed by atoms with Gasteiger partial charge in [0.05, 0.1) is 9.92 Å². The molecule has 0 spiro atoms. The molecule has 1 aromatic carbocycles. The maximum atomic E-state index is 11.8. The van der Waals surface area contributed by atoms with Crippen molar-refractivity contribution in [3.05, 3.63) is 22.7 Å². The van der Waals surface area contributed by atoms with Gasteiger partial charge in [0.25, 0.3) is 0 Å². The second-order valence-electron chi connectivity index (χ2n) is 4.46. The molecule has 1 aromatic rings. The number of hydrogen-bond donors (Lipinski definition) is 1. The number of thioether (sulfide) groups is 1. The zero-order chi connectivity index (χ0) is 13.3. The molecule has 6 heteroatoms. The second kappa shape index (κ2) is 5.41.